The molecule has 0 radical (unpaired) electrons. The van der Waals surface area contributed by atoms with Gasteiger partial charge in [-0.2, -0.15) is 5.26 Å². The first-order valence-electron chi connectivity index (χ1n) is 9.70. The van der Waals surface area contributed by atoms with E-state index in [0.29, 0.717) is 16.9 Å². The largest absolute Gasteiger partial charge is 0.449 e. The summed E-state index contributed by atoms with van der Waals surface area (Å²) < 4.78 is 5.29. The Hall–Kier alpha value is -3.86. The topological polar surface area (TPSA) is 112 Å². The second-order valence-corrected chi connectivity index (χ2v) is 7.30. The van der Waals surface area contributed by atoms with Crippen molar-refractivity contribution in [3.05, 3.63) is 53.6 Å². The summed E-state index contributed by atoms with van der Waals surface area (Å²) >= 11 is 0. The molecule has 2 aliphatic heterocycles. The highest BCUT2D eigenvalue weighted by molar-refractivity contribution is 6.05. The van der Waals surface area contributed by atoms with Gasteiger partial charge in [0.25, 0.3) is 5.91 Å². The molecule has 2 heterocycles. The predicted molar refractivity (Wildman–Crippen MR) is 110 cm³/mol. The Morgan fingerprint density at radius 2 is 2.13 bits per heavy atom. The predicted octanol–water partition coefficient (Wildman–Crippen LogP) is 2.66. The minimum Gasteiger partial charge on any atom is -0.449 e. The van der Waals surface area contributed by atoms with E-state index in [4.69, 9.17) is 10.00 Å². The van der Waals surface area contributed by atoms with E-state index in [0.717, 1.165) is 25.1 Å². The van der Waals surface area contributed by atoms with Gasteiger partial charge in [0.05, 0.1) is 28.6 Å². The third kappa shape index (κ3) is 3.70. The summed E-state index contributed by atoms with van der Waals surface area (Å²) in [5.74, 6) is -1.24. The van der Waals surface area contributed by atoms with Crippen LogP contribution in [0.1, 0.15) is 35.7 Å². The second kappa shape index (κ2) is 7.87. The lowest BCUT2D eigenvalue weighted by Crippen LogP contribution is -2.43. The Bertz CT molecular complexity index is 1080. The minimum atomic E-state index is -1.04. The molecule has 2 N–H and O–H groups in total. The summed E-state index contributed by atoms with van der Waals surface area (Å²) in [6, 6.07) is 13.3. The van der Waals surface area contributed by atoms with Gasteiger partial charge in [0, 0.05) is 12.2 Å². The van der Waals surface area contributed by atoms with E-state index in [1.807, 2.05) is 6.07 Å². The fourth-order valence-electron chi connectivity index (χ4n) is 3.75. The lowest BCUT2D eigenvalue weighted by atomic mass is 10.1. The monoisotopic (exact) mass is 404 g/mol. The van der Waals surface area contributed by atoms with Crippen molar-refractivity contribution in [3.8, 4) is 6.07 Å². The smallest absolute Gasteiger partial charge is 0.338 e. The number of ether oxygens (including phenoxy) is 1. The number of nitrogens with zero attached hydrogens (tertiary/aromatic N) is 2. The third-order valence-electron chi connectivity index (χ3n) is 5.27. The average Bonchev–Trinajstić information content (AvgIpc) is 3.24. The Labute approximate surface area is 173 Å². The molecule has 2 amide bonds. The van der Waals surface area contributed by atoms with E-state index in [1.165, 1.54) is 13.0 Å². The van der Waals surface area contributed by atoms with Gasteiger partial charge in [0.15, 0.2) is 6.10 Å². The maximum absolute atomic E-state index is 12.5. The fraction of sp³-hybridized carbons (Fsp3) is 0.273. The first-order chi connectivity index (χ1) is 14.5. The summed E-state index contributed by atoms with van der Waals surface area (Å²) in [5, 5.41) is 14.4. The number of benzene rings is 2. The quantitative estimate of drug-likeness (QED) is 0.758. The van der Waals surface area contributed by atoms with Crippen molar-refractivity contribution in [2.45, 2.75) is 31.9 Å². The van der Waals surface area contributed by atoms with Gasteiger partial charge < -0.3 is 20.3 Å². The number of hydrogen-bond acceptors (Lipinski definition) is 6. The Morgan fingerprint density at radius 3 is 2.93 bits per heavy atom. The molecule has 2 aromatic rings. The molecule has 8 nitrogen and oxygen atoms in total. The van der Waals surface area contributed by atoms with Gasteiger partial charge in [-0.15, -0.1) is 0 Å². The number of esters is 1. The van der Waals surface area contributed by atoms with Crippen molar-refractivity contribution in [3.63, 3.8) is 0 Å². The van der Waals surface area contributed by atoms with Crippen LogP contribution in [0.2, 0.25) is 0 Å². The second-order valence-electron chi connectivity index (χ2n) is 7.30. The van der Waals surface area contributed by atoms with Gasteiger partial charge in [-0.25, -0.2) is 4.79 Å². The number of hydrogen-bond donors (Lipinski definition) is 2. The molecule has 30 heavy (non-hydrogen) atoms. The molecule has 0 saturated carbocycles. The summed E-state index contributed by atoms with van der Waals surface area (Å²) in [6.07, 6.45) is 0.723. The van der Waals surface area contributed by atoms with Crippen molar-refractivity contribution in [2.75, 3.05) is 22.1 Å². The van der Waals surface area contributed by atoms with Crippen LogP contribution in [-0.4, -0.2) is 36.5 Å². The van der Waals surface area contributed by atoms with Crippen LogP contribution in [0, 0.1) is 11.3 Å². The number of carbonyl (C=O) groups is 3. The van der Waals surface area contributed by atoms with E-state index in [9.17, 15) is 14.4 Å². The Balaban J connectivity index is 1.43. The Morgan fingerprint density at radius 1 is 1.30 bits per heavy atom. The SMILES string of the molecule is C[C@@H](OC(=O)c1ccc2c(c1)NC(=O)[C@@H]1CCCN21)C(=O)Nc1cccc(C#N)c1. The third-order valence-corrected chi connectivity index (χ3v) is 5.27. The molecule has 4 rings (SSSR count). The van der Waals surface area contributed by atoms with Crippen molar-refractivity contribution >= 4 is 34.8 Å². The molecule has 8 heteroatoms. The molecule has 152 valence electrons. The number of anilines is 3. The maximum atomic E-state index is 12.5. The lowest BCUT2D eigenvalue weighted by Gasteiger charge is -2.33. The molecule has 0 aromatic heterocycles. The molecule has 0 spiro atoms. The highest BCUT2D eigenvalue weighted by Gasteiger charge is 2.36. The molecule has 1 saturated heterocycles. The van der Waals surface area contributed by atoms with Crippen LogP contribution in [0.4, 0.5) is 17.1 Å². The van der Waals surface area contributed by atoms with Crippen molar-refractivity contribution in [1.82, 2.24) is 0 Å². The molecule has 2 atom stereocenters. The standard InChI is InChI=1S/C22H20N4O4/c1-13(20(27)24-16-5-2-4-14(10-16)12-23)30-22(29)15-7-8-18-17(11-15)25-21(28)19-6-3-9-26(18)19/h2,4-5,7-8,10-11,13,19H,3,6,9H2,1H3,(H,24,27)(H,25,28)/t13-,19+/m1/s1. The van der Waals surface area contributed by atoms with Crippen LogP contribution >= 0.6 is 0 Å². The van der Waals surface area contributed by atoms with Gasteiger partial charge in [0.2, 0.25) is 5.91 Å². The molecular weight excluding hydrogens is 384 g/mol. The number of amides is 2. The Kier molecular flexibility index (Phi) is 5.11. The highest BCUT2D eigenvalue weighted by Crippen LogP contribution is 2.37. The molecule has 0 aliphatic carbocycles. The molecular formula is C22H20N4O4. The van der Waals surface area contributed by atoms with E-state index in [-0.39, 0.29) is 17.5 Å². The summed E-state index contributed by atoms with van der Waals surface area (Å²) in [4.78, 5) is 39.2. The van der Waals surface area contributed by atoms with Gasteiger partial charge >= 0.3 is 5.97 Å². The number of carbonyl (C=O) groups excluding carboxylic acids is 3. The number of nitrogens with one attached hydrogen (secondary N) is 2. The highest BCUT2D eigenvalue weighted by atomic mass is 16.5. The zero-order valence-electron chi connectivity index (χ0n) is 16.3. The van der Waals surface area contributed by atoms with Crippen LogP contribution in [0.5, 0.6) is 0 Å². The van der Waals surface area contributed by atoms with E-state index in [2.05, 4.69) is 15.5 Å². The van der Waals surface area contributed by atoms with E-state index < -0.39 is 18.0 Å². The number of rotatable bonds is 4. The van der Waals surface area contributed by atoms with Crippen LogP contribution in [0.3, 0.4) is 0 Å². The zero-order valence-corrected chi connectivity index (χ0v) is 16.3. The molecule has 2 aliphatic rings. The van der Waals surface area contributed by atoms with E-state index >= 15 is 0 Å². The zero-order chi connectivity index (χ0) is 21.3. The molecule has 1 fully saturated rings. The van der Waals surface area contributed by atoms with Crippen LogP contribution in [0.25, 0.3) is 0 Å². The van der Waals surface area contributed by atoms with E-state index in [1.54, 1.807) is 36.4 Å². The van der Waals surface area contributed by atoms with Gasteiger partial charge in [0.1, 0.15) is 6.04 Å². The van der Waals surface area contributed by atoms with Crippen LogP contribution in [-0.2, 0) is 14.3 Å². The first-order valence-corrected chi connectivity index (χ1v) is 9.70. The van der Waals surface area contributed by atoms with Gasteiger partial charge in [-0.05, 0) is 56.2 Å². The fourth-order valence-corrected chi connectivity index (χ4v) is 3.75. The maximum Gasteiger partial charge on any atom is 0.338 e. The normalized spacial score (nSPS) is 17.8. The lowest BCUT2D eigenvalue weighted by molar-refractivity contribution is -0.123. The number of fused-ring (bicyclic) bond motifs is 3. The first kappa shape index (κ1) is 19.5. The van der Waals surface area contributed by atoms with Gasteiger partial charge in [-0.1, -0.05) is 6.07 Å². The molecule has 2 aromatic carbocycles. The van der Waals surface area contributed by atoms with Crippen molar-refractivity contribution in [2.24, 2.45) is 0 Å². The summed E-state index contributed by atoms with van der Waals surface area (Å²) in [5.41, 5.74) is 2.56. The van der Waals surface area contributed by atoms with Crippen molar-refractivity contribution in [1.29, 1.82) is 5.26 Å². The van der Waals surface area contributed by atoms with Crippen LogP contribution in [0.15, 0.2) is 42.5 Å². The van der Waals surface area contributed by atoms with Crippen molar-refractivity contribution < 1.29 is 19.1 Å². The van der Waals surface area contributed by atoms with Crippen LogP contribution < -0.4 is 15.5 Å². The number of nitriles is 1. The minimum absolute atomic E-state index is 0.0714. The van der Waals surface area contributed by atoms with Gasteiger partial charge in [-0.3, -0.25) is 9.59 Å². The molecule has 0 unspecified atom stereocenters. The average molecular weight is 404 g/mol. The molecule has 0 bridgehead atoms. The summed E-state index contributed by atoms with van der Waals surface area (Å²) in [6.45, 7) is 2.27. The summed E-state index contributed by atoms with van der Waals surface area (Å²) in [7, 11) is 0.